The number of rotatable bonds is 2. The van der Waals surface area contributed by atoms with Crippen LogP contribution in [-0.2, 0) is 7.05 Å². The standard InChI is InChI=1S/C23H16Cl2N4/c1-29-21-5-3-2-4-15(21)16-10-13(6-9-22(16)29)19-12-20(28-23(26)27-19)17-11-14(24)7-8-18(17)25/h2-12H,1H3,(H2,26,27,28). The van der Waals surface area contributed by atoms with E-state index in [0.29, 0.717) is 15.7 Å². The summed E-state index contributed by atoms with van der Waals surface area (Å²) in [5, 5.41) is 3.51. The van der Waals surface area contributed by atoms with Crippen molar-refractivity contribution in [1.82, 2.24) is 14.5 Å². The minimum absolute atomic E-state index is 0.187. The van der Waals surface area contributed by atoms with Crippen LogP contribution in [0.5, 0.6) is 0 Å². The first kappa shape index (κ1) is 18.0. The first-order valence-electron chi connectivity index (χ1n) is 9.09. The van der Waals surface area contributed by atoms with Crippen LogP contribution in [0.25, 0.3) is 44.3 Å². The largest absolute Gasteiger partial charge is 0.368 e. The molecule has 2 heterocycles. The molecular weight excluding hydrogens is 403 g/mol. The van der Waals surface area contributed by atoms with Gasteiger partial charge in [-0.3, -0.25) is 0 Å². The molecule has 4 nitrogen and oxygen atoms in total. The molecule has 0 amide bonds. The zero-order valence-electron chi connectivity index (χ0n) is 15.5. The van der Waals surface area contributed by atoms with Gasteiger partial charge in [-0.1, -0.05) is 47.5 Å². The lowest BCUT2D eigenvalue weighted by Crippen LogP contribution is -1.99. The molecule has 5 rings (SSSR count). The van der Waals surface area contributed by atoms with Gasteiger partial charge in [0.1, 0.15) is 0 Å². The van der Waals surface area contributed by atoms with Crippen molar-refractivity contribution in [1.29, 1.82) is 0 Å². The van der Waals surface area contributed by atoms with Crippen molar-refractivity contribution in [3.63, 3.8) is 0 Å². The fraction of sp³-hybridized carbons (Fsp3) is 0.0435. The molecule has 0 bridgehead atoms. The lowest BCUT2D eigenvalue weighted by molar-refractivity contribution is 1.01. The van der Waals surface area contributed by atoms with Crippen molar-refractivity contribution in [2.75, 3.05) is 5.73 Å². The van der Waals surface area contributed by atoms with Crippen LogP contribution >= 0.6 is 23.2 Å². The minimum Gasteiger partial charge on any atom is -0.368 e. The van der Waals surface area contributed by atoms with Crippen LogP contribution in [0.15, 0.2) is 66.7 Å². The zero-order chi connectivity index (χ0) is 20.1. The van der Waals surface area contributed by atoms with E-state index in [9.17, 15) is 0 Å². The maximum Gasteiger partial charge on any atom is 0.221 e. The summed E-state index contributed by atoms with van der Waals surface area (Å²) in [5.41, 5.74) is 11.4. The monoisotopic (exact) mass is 418 g/mol. The summed E-state index contributed by atoms with van der Waals surface area (Å²) in [4.78, 5) is 8.83. The molecule has 2 aromatic heterocycles. The van der Waals surface area contributed by atoms with E-state index in [4.69, 9.17) is 28.9 Å². The van der Waals surface area contributed by atoms with E-state index in [2.05, 4.69) is 51.9 Å². The number of hydrogen-bond donors (Lipinski definition) is 1. The van der Waals surface area contributed by atoms with E-state index in [1.807, 2.05) is 18.2 Å². The Morgan fingerprint density at radius 3 is 2.41 bits per heavy atom. The van der Waals surface area contributed by atoms with Gasteiger partial charge in [0.15, 0.2) is 0 Å². The van der Waals surface area contributed by atoms with Crippen molar-refractivity contribution in [2.45, 2.75) is 0 Å². The number of aryl methyl sites for hydroxylation is 1. The van der Waals surface area contributed by atoms with Crippen molar-refractivity contribution >= 4 is 51.0 Å². The van der Waals surface area contributed by atoms with Gasteiger partial charge in [-0.2, -0.15) is 0 Å². The SMILES string of the molecule is Cn1c2ccccc2c2cc(-c3cc(-c4cc(Cl)ccc4Cl)nc(N)n3)ccc21. The Kier molecular flexibility index (Phi) is 4.19. The molecule has 2 N–H and O–H groups in total. The summed E-state index contributed by atoms with van der Waals surface area (Å²) in [6, 6.07) is 21.8. The van der Waals surface area contributed by atoms with Crippen LogP contribution in [0.2, 0.25) is 10.0 Å². The van der Waals surface area contributed by atoms with E-state index >= 15 is 0 Å². The molecule has 0 saturated heterocycles. The van der Waals surface area contributed by atoms with Gasteiger partial charge in [0.25, 0.3) is 0 Å². The number of halogens is 2. The molecule has 29 heavy (non-hydrogen) atoms. The van der Waals surface area contributed by atoms with Gasteiger partial charge in [-0.05, 0) is 42.5 Å². The number of nitrogens with two attached hydrogens (primary N) is 1. The van der Waals surface area contributed by atoms with Crippen LogP contribution in [0.3, 0.4) is 0 Å². The topological polar surface area (TPSA) is 56.7 Å². The highest BCUT2D eigenvalue weighted by atomic mass is 35.5. The van der Waals surface area contributed by atoms with E-state index in [-0.39, 0.29) is 5.95 Å². The Hall–Kier alpha value is -3.08. The van der Waals surface area contributed by atoms with Gasteiger partial charge < -0.3 is 10.3 Å². The number of para-hydroxylation sites is 1. The van der Waals surface area contributed by atoms with Crippen LogP contribution in [0, 0.1) is 0 Å². The lowest BCUT2D eigenvalue weighted by Gasteiger charge is -2.09. The predicted octanol–water partition coefficient (Wildman–Crippen LogP) is 6.34. The average Bonchev–Trinajstić information content (AvgIpc) is 3.01. The molecule has 0 unspecified atom stereocenters. The highest BCUT2D eigenvalue weighted by molar-refractivity contribution is 6.35. The predicted molar refractivity (Wildman–Crippen MR) is 121 cm³/mol. The third kappa shape index (κ3) is 3.01. The number of fused-ring (bicyclic) bond motifs is 3. The van der Waals surface area contributed by atoms with Gasteiger partial charge in [0.2, 0.25) is 5.95 Å². The highest BCUT2D eigenvalue weighted by Crippen LogP contribution is 2.34. The maximum atomic E-state index is 6.37. The number of benzene rings is 3. The molecule has 0 spiro atoms. The Morgan fingerprint density at radius 1 is 0.793 bits per heavy atom. The molecule has 142 valence electrons. The van der Waals surface area contributed by atoms with Gasteiger partial charge in [-0.25, -0.2) is 9.97 Å². The number of nitrogens with zero attached hydrogens (tertiary/aromatic N) is 3. The van der Waals surface area contributed by atoms with E-state index in [1.54, 1.807) is 18.2 Å². The minimum atomic E-state index is 0.187. The Bertz CT molecular complexity index is 1410. The molecule has 0 aliphatic rings. The second-order valence-corrected chi connectivity index (χ2v) is 7.77. The molecule has 0 saturated carbocycles. The van der Waals surface area contributed by atoms with Crippen molar-refractivity contribution in [2.24, 2.45) is 7.05 Å². The number of hydrogen-bond acceptors (Lipinski definition) is 3. The number of nitrogen functional groups attached to an aromatic ring is 1. The zero-order valence-corrected chi connectivity index (χ0v) is 17.0. The quantitative estimate of drug-likeness (QED) is 0.363. The summed E-state index contributed by atoms with van der Waals surface area (Å²) >= 11 is 12.5. The van der Waals surface area contributed by atoms with Crippen LogP contribution in [0.4, 0.5) is 5.95 Å². The summed E-state index contributed by atoms with van der Waals surface area (Å²) in [6.07, 6.45) is 0. The number of anilines is 1. The molecule has 0 aliphatic carbocycles. The molecule has 0 radical (unpaired) electrons. The Labute approximate surface area is 177 Å². The van der Waals surface area contributed by atoms with E-state index < -0.39 is 0 Å². The molecule has 6 heteroatoms. The lowest BCUT2D eigenvalue weighted by atomic mass is 10.0. The van der Waals surface area contributed by atoms with E-state index in [1.165, 1.54) is 16.3 Å². The van der Waals surface area contributed by atoms with Crippen molar-refractivity contribution in [3.8, 4) is 22.5 Å². The third-order valence-corrected chi connectivity index (χ3v) is 5.72. The van der Waals surface area contributed by atoms with Crippen molar-refractivity contribution < 1.29 is 0 Å². The second kappa shape index (κ2) is 6.76. The normalized spacial score (nSPS) is 11.4. The van der Waals surface area contributed by atoms with Crippen molar-refractivity contribution in [3.05, 3.63) is 76.8 Å². The van der Waals surface area contributed by atoms with Crippen LogP contribution in [0.1, 0.15) is 0 Å². The third-order valence-electron chi connectivity index (χ3n) is 5.16. The van der Waals surface area contributed by atoms with Crippen LogP contribution in [-0.4, -0.2) is 14.5 Å². The Balaban J connectivity index is 1.72. The van der Waals surface area contributed by atoms with Gasteiger partial charge in [0.05, 0.1) is 16.4 Å². The second-order valence-electron chi connectivity index (χ2n) is 6.93. The summed E-state index contributed by atoms with van der Waals surface area (Å²) in [6.45, 7) is 0. The smallest absolute Gasteiger partial charge is 0.221 e. The first-order chi connectivity index (χ1) is 14.0. The molecule has 0 atom stereocenters. The Morgan fingerprint density at radius 2 is 1.55 bits per heavy atom. The molecule has 5 aromatic rings. The fourth-order valence-electron chi connectivity index (χ4n) is 3.77. The van der Waals surface area contributed by atoms with Gasteiger partial charge in [0, 0.05) is 45.0 Å². The molecular formula is C23H16Cl2N4. The molecule has 3 aromatic carbocycles. The van der Waals surface area contributed by atoms with E-state index in [0.717, 1.165) is 22.3 Å². The number of aromatic nitrogens is 3. The highest BCUT2D eigenvalue weighted by Gasteiger charge is 2.13. The van der Waals surface area contributed by atoms with Crippen LogP contribution < -0.4 is 5.73 Å². The molecule has 0 aliphatic heterocycles. The summed E-state index contributed by atoms with van der Waals surface area (Å²) in [7, 11) is 2.08. The molecule has 0 fully saturated rings. The average molecular weight is 419 g/mol. The maximum absolute atomic E-state index is 6.37. The van der Waals surface area contributed by atoms with Gasteiger partial charge in [-0.15, -0.1) is 0 Å². The first-order valence-corrected chi connectivity index (χ1v) is 9.84. The summed E-state index contributed by atoms with van der Waals surface area (Å²) < 4.78 is 2.19. The fourth-order valence-corrected chi connectivity index (χ4v) is 4.16. The summed E-state index contributed by atoms with van der Waals surface area (Å²) in [5.74, 6) is 0.187. The van der Waals surface area contributed by atoms with Gasteiger partial charge >= 0.3 is 0 Å².